The van der Waals surface area contributed by atoms with E-state index < -0.39 is 0 Å². The van der Waals surface area contributed by atoms with Gasteiger partial charge in [0.05, 0.1) is 29.8 Å². The Labute approximate surface area is 177 Å². The normalized spacial score (nSPS) is 10.8. The zero-order chi connectivity index (χ0) is 21.0. The van der Waals surface area contributed by atoms with Crippen molar-refractivity contribution in [1.29, 1.82) is 0 Å². The van der Waals surface area contributed by atoms with Crippen LogP contribution >= 0.6 is 0 Å². The minimum Gasteiger partial charge on any atom is -0.352 e. The highest BCUT2D eigenvalue weighted by atomic mass is 16.1. The van der Waals surface area contributed by atoms with E-state index >= 15 is 0 Å². The zero-order valence-electron chi connectivity index (χ0n) is 16.4. The molecule has 9 heteroatoms. The van der Waals surface area contributed by atoms with Crippen LogP contribution < -0.4 is 10.6 Å². The maximum atomic E-state index is 12.4. The van der Waals surface area contributed by atoms with E-state index in [0.29, 0.717) is 17.8 Å². The molecule has 4 heterocycles. The summed E-state index contributed by atoms with van der Waals surface area (Å²) >= 11 is 0. The van der Waals surface area contributed by atoms with Crippen LogP contribution in [-0.2, 0) is 6.54 Å². The Bertz CT molecular complexity index is 1310. The number of aromatic amines is 1. The van der Waals surface area contributed by atoms with Crippen molar-refractivity contribution < 1.29 is 4.79 Å². The molecule has 1 aromatic carbocycles. The van der Waals surface area contributed by atoms with Crippen molar-refractivity contribution in [1.82, 2.24) is 35.1 Å². The second-order valence-electron chi connectivity index (χ2n) is 6.82. The predicted octanol–water partition coefficient (Wildman–Crippen LogP) is 3.19. The van der Waals surface area contributed by atoms with Gasteiger partial charge in [-0.3, -0.25) is 14.9 Å². The molecule has 0 aliphatic rings. The van der Waals surface area contributed by atoms with Crippen LogP contribution in [0.1, 0.15) is 16.1 Å². The van der Waals surface area contributed by atoms with Crippen LogP contribution in [0.2, 0.25) is 0 Å². The number of H-pyrrole nitrogens is 1. The smallest absolute Gasteiger partial charge is 0.251 e. The Hall–Kier alpha value is -4.53. The second kappa shape index (κ2) is 8.07. The average molecular weight is 410 g/mol. The molecule has 0 unspecified atom stereocenters. The first kappa shape index (κ1) is 18.5. The van der Waals surface area contributed by atoms with Crippen LogP contribution in [0.25, 0.3) is 16.9 Å². The van der Waals surface area contributed by atoms with Gasteiger partial charge in [-0.2, -0.15) is 10.2 Å². The fourth-order valence-electron chi connectivity index (χ4n) is 3.25. The summed E-state index contributed by atoms with van der Waals surface area (Å²) in [5, 5.41) is 17.3. The highest BCUT2D eigenvalue weighted by Crippen LogP contribution is 2.26. The monoisotopic (exact) mass is 410 g/mol. The van der Waals surface area contributed by atoms with Crippen LogP contribution in [0.15, 0.2) is 79.5 Å². The fourth-order valence-corrected chi connectivity index (χ4v) is 3.25. The maximum Gasteiger partial charge on any atom is 0.251 e. The van der Waals surface area contributed by atoms with Gasteiger partial charge in [-0.25, -0.2) is 9.50 Å². The number of hydrogen-bond acceptors (Lipinski definition) is 6. The van der Waals surface area contributed by atoms with Crippen molar-refractivity contribution in [3.63, 3.8) is 0 Å². The molecule has 0 aliphatic carbocycles. The van der Waals surface area contributed by atoms with E-state index in [2.05, 4.69) is 35.9 Å². The summed E-state index contributed by atoms with van der Waals surface area (Å²) in [4.78, 5) is 21.0. The predicted molar refractivity (Wildman–Crippen MR) is 116 cm³/mol. The molecule has 5 rings (SSSR count). The highest BCUT2D eigenvalue weighted by Gasteiger charge is 2.11. The summed E-state index contributed by atoms with van der Waals surface area (Å²) in [7, 11) is 0. The molecule has 5 aromatic rings. The number of anilines is 2. The molecule has 152 valence electrons. The molecule has 9 nitrogen and oxygen atoms in total. The molecule has 0 atom stereocenters. The number of nitrogens with zero attached hydrogens (tertiary/aromatic N) is 5. The lowest BCUT2D eigenvalue weighted by Gasteiger charge is -2.10. The second-order valence-corrected chi connectivity index (χ2v) is 6.82. The van der Waals surface area contributed by atoms with Crippen molar-refractivity contribution in [2.45, 2.75) is 6.54 Å². The molecular formula is C22H18N8O. The Morgan fingerprint density at radius 3 is 2.71 bits per heavy atom. The molecule has 0 aliphatic heterocycles. The molecule has 0 saturated carbocycles. The Kier molecular flexibility index (Phi) is 4.82. The van der Waals surface area contributed by atoms with Crippen LogP contribution in [0.3, 0.4) is 0 Å². The van der Waals surface area contributed by atoms with E-state index in [9.17, 15) is 4.79 Å². The van der Waals surface area contributed by atoms with Gasteiger partial charge in [0.25, 0.3) is 5.91 Å². The summed E-state index contributed by atoms with van der Waals surface area (Å²) in [5.74, 6) is -0.151. The number of rotatable bonds is 6. The number of benzene rings is 1. The van der Waals surface area contributed by atoms with Crippen molar-refractivity contribution in [2.24, 2.45) is 0 Å². The quantitative estimate of drug-likeness (QED) is 0.396. The molecule has 1 amide bonds. The van der Waals surface area contributed by atoms with Gasteiger partial charge in [-0.05, 0) is 48.5 Å². The summed E-state index contributed by atoms with van der Waals surface area (Å²) < 4.78 is 1.76. The van der Waals surface area contributed by atoms with Crippen LogP contribution in [0.5, 0.6) is 0 Å². The van der Waals surface area contributed by atoms with E-state index in [-0.39, 0.29) is 5.91 Å². The van der Waals surface area contributed by atoms with E-state index in [1.807, 2.05) is 42.5 Å². The number of fused-ring (bicyclic) bond motifs is 1. The SMILES string of the molecule is O=C(NCc1ccccn1)c1ccc(Nc2ccc(-c3cn[nH]c3)n3ncnc23)cc1. The number of carbonyl (C=O) groups excluding carboxylic acids is 1. The summed E-state index contributed by atoms with van der Waals surface area (Å²) in [6.45, 7) is 0.382. The third-order valence-electron chi connectivity index (χ3n) is 4.80. The van der Waals surface area contributed by atoms with Gasteiger partial charge >= 0.3 is 0 Å². The third kappa shape index (κ3) is 3.84. The lowest BCUT2D eigenvalue weighted by Crippen LogP contribution is -2.23. The van der Waals surface area contributed by atoms with Crippen molar-refractivity contribution >= 4 is 22.9 Å². The van der Waals surface area contributed by atoms with Gasteiger partial charge in [-0.1, -0.05) is 6.07 Å². The third-order valence-corrected chi connectivity index (χ3v) is 4.80. The van der Waals surface area contributed by atoms with E-state index in [1.54, 1.807) is 35.2 Å². The van der Waals surface area contributed by atoms with Gasteiger partial charge in [-0.15, -0.1) is 0 Å². The van der Waals surface area contributed by atoms with Crippen LogP contribution in [0.4, 0.5) is 11.4 Å². The number of pyridine rings is 2. The number of amides is 1. The lowest BCUT2D eigenvalue weighted by molar-refractivity contribution is 0.0950. The minimum atomic E-state index is -0.151. The standard InChI is InChI=1S/C22H18N8O/c31-22(24-13-18-3-1-2-10-23-18)15-4-6-17(7-5-15)29-19-8-9-20(16-11-26-27-12-16)30-21(19)25-14-28-30/h1-12,14,29H,13H2,(H,24,31)(H,26,27). The zero-order valence-corrected chi connectivity index (χ0v) is 16.4. The molecule has 0 bridgehead atoms. The van der Waals surface area contributed by atoms with E-state index in [4.69, 9.17) is 0 Å². The first-order valence-electron chi connectivity index (χ1n) is 9.65. The Balaban J connectivity index is 1.31. The molecule has 3 N–H and O–H groups in total. The summed E-state index contributed by atoms with van der Waals surface area (Å²) in [5.41, 5.74) is 5.51. The summed E-state index contributed by atoms with van der Waals surface area (Å²) in [6, 6.07) is 16.8. The van der Waals surface area contributed by atoms with Crippen LogP contribution in [0, 0.1) is 0 Å². The Morgan fingerprint density at radius 1 is 1.03 bits per heavy atom. The molecule has 0 radical (unpaired) electrons. The first-order chi connectivity index (χ1) is 15.3. The van der Waals surface area contributed by atoms with Gasteiger partial charge in [0.1, 0.15) is 6.33 Å². The molecule has 0 fully saturated rings. The molecule has 0 saturated heterocycles. The van der Waals surface area contributed by atoms with E-state index in [0.717, 1.165) is 28.3 Å². The molecule has 4 aromatic heterocycles. The van der Waals surface area contributed by atoms with Gasteiger partial charge < -0.3 is 10.6 Å². The van der Waals surface area contributed by atoms with Crippen molar-refractivity contribution in [2.75, 3.05) is 5.32 Å². The largest absolute Gasteiger partial charge is 0.352 e. The van der Waals surface area contributed by atoms with Gasteiger partial charge in [0.2, 0.25) is 0 Å². The number of nitrogens with one attached hydrogen (secondary N) is 3. The number of hydrogen-bond donors (Lipinski definition) is 3. The first-order valence-corrected chi connectivity index (χ1v) is 9.65. The number of carbonyl (C=O) groups is 1. The average Bonchev–Trinajstić information content (AvgIpc) is 3.52. The topological polar surface area (TPSA) is 113 Å². The highest BCUT2D eigenvalue weighted by molar-refractivity contribution is 5.94. The van der Waals surface area contributed by atoms with Crippen LogP contribution in [-0.4, -0.2) is 35.7 Å². The maximum absolute atomic E-state index is 12.4. The molecule has 31 heavy (non-hydrogen) atoms. The number of aromatic nitrogens is 6. The van der Waals surface area contributed by atoms with E-state index in [1.165, 1.54) is 6.33 Å². The van der Waals surface area contributed by atoms with Gasteiger partial charge in [0, 0.05) is 29.2 Å². The Morgan fingerprint density at radius 2 is 1.94 bits per heavy atom. The molecular weight excluding hydrogens is 392 g/mol. The lowest BCUT2D eigenvalue weighted by atomic mass is 10.2. The minimum absolute atomic E-state index is 0.151. The van der Waals surface area contributed by atoms with Crippen molar-refractivity contribution in [3.8, 4) is 11.3 Å². The fraction of sp³-hybridized carbons (Fsp3) is 0.0455. The molecule has 0 spiro atoms. The summed E-state index contributed by atoms with van der Waals surface area (Å²) in [6.07, 6.45) is 6.76. The van der Waals surface area contributed by atoms with Crippen molar-refractivity contribution in [3.05, 3.63) is 90.8 Å². The van der Waals surface area contributed by atoms with Gasteiger partial charge in [0.15, 0.2) is 5.65 Å².